The molecule has 0 fully saturated rings. The SMILES string of the molecule is Cc1ccc(-c2cc(C(=O)Cc3ccccc3)[nH]n2)cc1. The van der Waals surface area contributed by atoms with Gasteiger partial charge in [-0.2, -0.15) is 5.10 Å². The van der Waals surface area contributed by atoms with Crippen LogP contribution in [0.4, 0.5) is 0 Å². The number of Topliss-reactive ketones (excluding diaryl/α,β-unsaturated/α-hetero) is 1. The highest BCUT2D eigenvalue weighted by Crippen LogP contribution is 2.19. The van der Waals surface area contributed by atoms with Crippen LogP contribution in [0, 0.1) is 6.92 Å². The molecule has 0 bridgehead atoms. The zero-order chi connectivity index (χ0) is 14.7. The molecule has 0 unspecified atom stereocenters. The minimum atomic E-state index is 0.0482. The number of rotatable bonds is 4. The Morgan fingerprint density at radius 2 is 1.76 bits per heavy atom. The Hall–Kier alpha value is -2.68. The molecule has 0 aliphatic rings. The topological polar surface area (TPSA) is 45.8 Å². The lowest BCUT2D eigenvalue weighted by molar-refractivity contribution is 0.0988. The highest BCUT2D eigenvalue weighted by atomic mass is 16.1. The van der Waals surface area contributed by atoms with Gasteiger partial charge >= 0.3 is 0 Å². The van der Waals surface area contributed by atoms with Crippen molar-refractivity contribution < 1.29 is 4.79 Å². The van der Waals surface area contributed by atoms with Crippen molar-refractivity contribution in [2.45, 2.75) is 13.3 Å². The van der Waals surface area contributed by atoms with E-state index in [2.05, 4.69) is 10.2 Å². The van der Waals surface area contributed by atoms with Crippen molar-refractivity contribution in [3.8, 4) is 11.3 Å². The highest BCUT2D eigenvalue weighted by molar-refractivity contribution is 5.96. The second kappa shape index (κ2) is 5.75. The summed E-state index contributed by atoms with van der Waals surface area (Å²) in [5, 5.41) is 7.07. The quantitative estimate of drug-likeness (QED) is 0.736. The van der Waals surface area contributed by atoms with Crippen LogP contribution >= 0.6 is 0 Å². The largest absolute Gasteiger partial charge is 0.292 e. The molecular weight excluding hydrogens is 260 g/mol. The van der Waals surface area contributed by atoms with Crippen LogP contribution in [0.15, 0.2) is 60.7 Å². The van der Waals surface area contributed by atoms with Crippen LogP contribution in [0.2, 0.25) is 0 Å². The van der Waals surface area contributed by atoms with E-state index in [-0.39, 0.29) is 5.78 Å². The van der Waals surface area contributed by atoms with Gasteiger partial charge < -0.3 is 0 Å². The summed E-state index contributed by atoms with van der Waals surface area (Å²) < 4.78 is 0. The van der Waals surface area contributed by atoms with Gasteiger partial charge in [0.1, 0.15) is 5.69 Å². The lowest BCUT2D eigenvalue weighted by Gasteiger charge is -1.98. The molecule has 0 aliphatic carbocycles. The lowest BCUT2D eigenvalue weighted by Crippen LogP contribution is -2.03. The third kappa shape index (κ3) is 3.08. The normalized spacial score (nSPS) is 10.5. The number of ketones is 1. The van der Waals surface area contributed by atoms with Gasteiger partial charge in [-0.15, -0.1) is 0 Å². The van der Waals surface area contributed by atoms with E-state index >= 15 is 0 Å². The fraction of sp³-hybridized carbons (Fsp3) is 0.111. The molecule has 0 radical (unpaired) electrons. The van der Waals surface area contributed by atoms with Crippen LogP contribution in [0.1, 0.15) is 21.6 Å². The second-order valence-corrected chi connectivity index (χ2v) is 5.12. The molecule has 2 aromatic carbocycles. The number of nitrogens with one attached hydrogen (secondary N) is 1. The number of H-pyrrole nitrogens is 1. The molecule has 0 amide bonds. The molecule has 0 aliphatic heterocycles. The molecule has 3 nitrogen and oxygen atoms in total. The van der Waals surface area contributed by atoms with Crippen molar-refractivity contribution >= 4 is 5.78 Å². The van der Waals surface area contributed by atoms with Crippen LogP contribution in [-0.2, 0) is 6.42 Å². The molecule has 3 heteroatoms. The summed E-state index contributed by atoms with van der Waals surface area (Å²) in [6.45, 7) is 2.04. The van der Waals surface area contributed by atoms with Gasteiger partial charge in [-0.1, -0.05) is 60.2 Å². The molecule has 1 N–H and O–H groups in total. The first kappa shape index (κ1) is 13.3. The third-order valence-corrected chi connectivity index (χ3v) is 3.43. The maximum Gasteiger partial charge on any atom is 0.184 e. The molecule has 3 rings (SSSR count). The van der Waals surface area contributed by atoms with Gasteiger partial charge in [0.25, 0.3) is 0 Å². The van der Waals surface area contributed by atoms with E-state index in [1.807, 2.05) is 67.6 Å². The van der Waals surface area contributed by atoms with Crippen LogP contribution < -0.4 is 0 Å². The van der Waals surface area contributed by atoms with Crippen molar-refractivity contribution in [1.29, 1.82) is 0 Å². The number of carbonyl (C=O) groups excluding carboxylic acids is 1. The smallest absolute Gasteiger partial charge is 0.184 e. The maximum absolute atomic E-state index is 12.2. The van der Waals surface area contributed by atoms with E-state index in [9.17, 15) is 4.79 Å². The Morgan fingerprint density at radius 3 is 2.48 bits per heavy atom. The lowest BCUT2D eigenvalue weighted by atomic mass is 10.1. The summed E-state index contributed by atoms with van der Waals surface area (Å²) in [4.78, 5) is 12.2. The van der Waals surface area contributed by atoms with Crippen LogP contribution in [0.5, 0.6) is 0 Å². The summed E-state index contributed by atoms with van der Waals surface area (Å²) in [5.74, 6) is 0.0482. The van der Waals surface area contributed by atoms with Crippen molar-refractivity contribution in [2.75, 3.05) is 0 Å². The Morgan fingerprint density at radius 1 is 1.05 bits per heavy atom. The first-order valence-electron chi connectivity index (χ1n) is 6.92. The molecule has 0 atom stereocenters. The number of aryl methyl sites for hydroxylation is 1. The number of carbonyl (C=O) groups is 1. The van der Waals surface area contributed by atoms with Crippen molar-refractivity contribution in [3.63, 3.8) is 0 Å². The van der Waals surface area contributed by atoms with E-state index < -0.39 is 0 Å². The fourth-order valence-electron chi connectivity index (χ4n) is 2.21. The van der Waals surface area contributed by atoms with Crippen molar-refractivity contribution in [3.05, 3.63) is 77.5 Å². The van der Waals surface area contributed by atoms with Crippen molar-refractivity contribution in [2.24, 2.45) is 0 Å². The average molecular weight is 276 g/mol. The molecule has 104 valence electrons. The zero-order valence-corrected chi connectivity index (χ0v) is 11.8. The predicted octanol–water partition coefficient (Wildman–Crippen LogP) is 3.81. The van der Waals surface area contributed by atoms with E-state index in [4.69, 9.17) is 0 Å². The molecule has 0 saturated carbocycles. The third-order valence-electron chi connectivity index (χ3n) is 3.43. The number of aromatic amines is 1. The van der Waals surface area contributed by atoms with Gasteiger partial charge in [0.05, 0.1) is 5.69 Å². The van der Waals surface area contributed by atoms with Crippen LogP contribution in [-0.4, -0.2) is 16.0 Å². The molecule has 3 aromatic rings. The monoisotopic (exact) mass is 276 g/mol. The van der Waals surface area contributed by atoms with Gasteiger partial charge in [0, 0.05) is 12.0 Å². The average Bonchev–Trinajstić information content (AvgIpc) is 2.99. The number of benzene rings is 2. The minimum Gasteiger partial charge on any atom is -0.292 e. The van der Waals surface area contributed by atoms with Gasteiger partial charge in [0.15, 0.2) is 5.78 Å². The van der Waals surface area contributed by atoms with Gasteiger partial charge in [-0.3, -0.25) is 9.89 Å². The first-order valence-corrected chi connectivity index (χ1v) is 6.92. The van der Waals surface area contributed by atoms with E-state index in [1.165, 1.54) is 5.56 Å². The molecule has 0 spiro atoms. The molecule has 1 aromatic heterocycles. The Kier molecular flexibility index (Phi) is 3.65. The number of nitrogens with zero attached hydrogens (tertiary/aromatic N) is 1. The minimum absolute atomic E-state index is 0.0482. The van der Waals surface area contributed by atoms with Gasteiger partial charge in [0.2, 0.25) is 0 Å². The van der Waals surface area contributed by atoms with Gasteiger partial charge in [-0.25, -0.2) is 0 Å². The second-order valence-electron chi connectivity index (χ2n) is 5.12. The zero-order valence-electron chi connectivity index (χ0n) is 11.8. The summed E-state index contributed by atoms with van der Waals surface area (Å²) in [6.07, 6.45) is 0.385. The maximum atomic E-state index is 12.2. The highest BCUT2D eigenvalue weighted by Gasteiger charge is 2.11. The van der Waals surface area contributed by atoms with Gasteiger partial charge in [-0.05, 0) is 18.6 Å². The summed E-state index contributed by atoms with van der Waals surface area (Å²) in [5.41, 5.74) is 4.57. The summed E-state index contributed by atoms with van der Waals surface area (Å²) in [6, 6.07) is 19.6. The van der Waals surface area contributed by atoms with Crippen LogP contribution in [0.25, 0.3) is 11.3 Å². The number of aromatic nitrogens is 2. The van der Waals surface area contributed by atoms with E-state index in [0.717, 1.165) is 16.8 Å². The van der Waals surface area contributed by atoms with E-state index in [0.29, 0.717) is 12.1 Å². The van der Waals surface area contributed by atoms with E-state index in [1.54, 1.807) is 0 Å². The summed E-state index contributed by atoms with van der Waals surface area (Å²) in [7, 11) is 0. The molecular formula is C18H16N2O. The predicted molar refractivity (Wildman–Crippen MR) is 83.2 cm³/mol. The Balaban J connectivity index is 1.78. The number of hydrogen-bond donors (Lipinski definition) is 1. The van der Waals surface area contributed by atoms with Crippen molar-refractivity contribution in [1.82, 2.24) is 10.2 Å². The Labute approximate surface area is 123 Å². The van der Waals surface area contributed by atoms with Crippen LogP contribution in [0.3, 0.4) is 0 Å². The molecule has 21 heavy (non-hydrogen) atoms. The first-order chi connectivity index (χ1) is 10.2. The molecule has 0 saturated heterocycles. The Bertz CT molecular complexity index is 742. The standard InChI is InChI=1S/C18H16N2O/c1-13-7-9-15(10-8-13)16-12-17(20-19-16)18(21)11-14-5-3-2-4-6-14/h2-10,12H,11H2,1H3,(H,19,20). The fourth-order valence-corrected chi connectivity index (χ4v) is 2.21. The summed E-state index contributed by atoms with van der Waals surface area (Å²) >= 11 is 0. The molecule has 1 heterocycles. The number of hydrogen-bond acceptors (Lipinski definition) is 2.